The maximum absolute atomic E-state index is 12.2. The topological polar surface area (TPSA) is 112 Å². The zero-order chi connectivity index (χ0) is 25.3. The lowest BCUT2D eigenvalue weighted by Gasteiger charge is -2.30. The maximum atomic E-state index is 12.2. The summed E-state index contributed by atoms with van der Waals surface area (Å²) in [4.78, 5) is 21.5. The number of morpholine rings is 2. The van der Waals surface area contributed by atoms with Gasteiger partial charge in [0.15, 0.2) is 0 Å². The molecule has 4 rings (SSSR count). The normalized spacial score (nSPS) is 17.4. The molecule has 2 aliphatic heterocycles. The lowest BCUT2D eigenvalue weighted by Crippen LogP contribution is -2.38. The molecular formula is C26H36N6O4. The molecule has 3 heterocycles. The first-order valence-electron chi connectivity index (χ1n) is 12.6. The number of carbonyl (C=O) groups is 1. The van der Waals surface area contributed by atoms with Gasteiger partial charge in [-0.3, -0.25) is 9.69 Å². The number of hydrogen-bond donors (Lipinski definition) is 2. The summed E-state index contributed by atoms with van der Waals surface area (Å²) >= 11 is 0. The Morgan fingerprint density at radius 1 is 1.14 bits per heavy atom. The quantitative estimate of drug-likeness (QED) is 0.485. The first kappa shape index (κ1) is 26.0. The Hall–Kier alpha value is -3.08. The van der Waals surface area contributed by atoms with Gasteiger partial charge in [0, 0.05) is 62.1 Å². The van der Waals surface area contributed by atoms with E-state index in [1.165, 1.54) is 0 Å². The van der Waals surface area contributed by atoms with E-state index in [0.717, 1.165) is 62.8 Å². The molecule has 0 spiro atoms. The molecule has 0 aliphatic carbocycles. The number of nitrogens with zero attached hydrogens (tertiary/aromatic N) is 4. The second-order valence-corrected chi connectivity index (χ2v) is 9.01. The highest BCUT2D eigenvalue weighted by Gasteiger charge is 2.23. The fraction of sp³-hybridized carbons (Fsp3) is 0.538. The zero-order valence-corrected chi connectivity index (χ0v) is 21.2. The van der Waals surface area contributed by atoms with E-state index in [-0.39, 0.29) is 5.91 Å². The van der Waals surface area contributed by atoms with E-state index >= 15 is 0 Å². The Bertz CT molecular complexity index is 1040. The van der Waals surface area contributed by atoms with Crippen molar-refractivity contribution in [3.05, 3.63) is 47.2 Å². The Morgan fingerprint density at radius 2 is 1.86 bits per heavy atom. The number of ether oxygens (including phenoxy) is 3. The van der Waals surface area contributed by atoms with Gasteiger partial charge in [-0.2, -0.15) is 5.11 Å². The predicted molar refractivity (Wildman–Crippen MR) is 137 cm³/mol. The molecule has 0 radical (unpaired) electrons. The Morgan fingerprint density at radius 3 is 2.56 bits per heavy atom. The third-order valence-corrected chi connectivity index (χ3v) is 6.45. The van der Waals surface area contributed by atoms with Gasteiger partial charge in [-0.1, -0.05) is 24.6 Å². The highest BCUT2D eigenvalue weighted by Crippen LogP contribution is 2.35. The van der Waals surface area contributed by atoms with E-state index in [9.17, 15) is 4.79 Å². The van der Waals surface area contributed by atoms with Gasteiger partial charge < -0.3 is 24.4 Å². The zero-order valence-electron chi connectivity index (χ0n) is 21.2. The van der Waals surface area contributed by atoms with E-state index in [0.29, 0.717) is 43.5 Å². The van der Waals surface area contributed by atoms with Crippen molar-refractivity contribution >= 4 is 17.3 Å². The molecule has 2 aliphatic rings. The molecule has 2 aromatic rings. The van der Waals surface area contributed by atoms with Crippen LogP contribution < -0.4 is 15.0 Å². The summed E-state index contributed by atoms with van der Waals surface area (Å²) in [5.74, 6) is 0.411. The largest absolute Gasteiger partial charge is 0.476 e. The lowest BCUT2D eigenvalue weighted by atomic mass is 9.99. The molecule has 2 N–H and O–H groups in total. The van der Waals surface area contributed by atoms with Gasteiger partial charge in [0.05, 0.1) is 32.1 Å². The van der Waals surface area contributed by atoms with Gasteiger partial charge >= 0.3 is 0 Å². The van der Waals surface area contributed by atoms with Gasteiger partial charge in [0.2, 0.25) is 11.8 Å². The Labute approximate surface area is 212 Å². The number of amides is 1. The average Bonchev–Trinajstić information content (AvgIpc) is 2.91. The van der Waals surface area contributed by atoms with Crippen LogP contribution in [0.15, 0.2) is 35.4 Å². The third kappa shape index (κ3) is 6.77. The highest BCUT2D eigenvalue weighted by atomic mass is 16.5. The van der Waals surface area contributed by atoms with Crippen molar-refractivity contribution in [3.8, 4) is 5.88 Å². The predicted octanol–water partition coefficient (Wildman–Crippen LogP) is 3.41. The second-order valence-electron chi connectivity index (χ2n) is 9.01. The van der Waals surface area contributed by atoms with Crippen LogP contribution in [0.1, 0.15) is 36.2 Å². The minimum absolute atomic E-state index is 0.0917. The first-order chi connectivity index (χ1) is 17.6. The summed E-state index contributed by atoms with van der Waals surface area (Å²) in [6.07, 6.45) is 0.363. The molecule has 1 atom stereocenters. The van der Waals surface area contributed by atoms with Gasteiger partial charge in [-0.25, -0.2) is 10.5 Å². The van der Waals surface area contributed by atoms with Crippen molar-refractivity contribution in [2.24, 2.45) is 5.11 Å². The van der Waals surface area contributed by atoms with Gasteiger partial charge in [0.1, 0.15) is 12.6 Å². The summed E-state index contributed by atoms with van der Waals surface area (Å²) in [7, 11) is 0. The number of nitrogens with one attached hydrogen (secondary N) is 2. The summed E-state index contributed by atoms with van der Waals surface area (Å²) in [6.45, 7) is 11.2. The number of anilines is 2. The third-order valence-electron chi connectivity index (χ3n) is 6.45. The summed E-state index contributed by atoms with van der Waals surface area (Å²) < 4.78 is 17.1. The van der Waals surface area contributed by atoms with Crippen LogP contribution in [0.3, 0.4) is 0 Å². The monoisotopic (exact) mass is 496 g/mol. The van der Waals surface area contributed by atoms with Crippen molar-refractivity contribution in [2.75, 3.05) is 76.0 Å². The lowest BCUT2D eigenvalue weighted by molar-refractivity contribution is -0.115. The second kappa shape index (κ2) is 12.8. The van der Waals surface area contributed by atoms with Crippen LogP contribution in [0.5, 0.6) is 5.88 Å². The highest BCUT2D eigenvalue weighted by molar-refractivity contribution is 5.91. The minimum atomic E-state index is -0.681. The van der Waals surface area contributed by atoms with Crippen molar-refractivity contribution < 1.29 is 19.0 Å². The summed E-state index contributed by atoms with van der Waals surface area (Å²) in [5, 5.41) is 6.91. The molecule has 2 saturated heterocycles. The molecular weight excluding hydrogens is 460 g/mol. The number of hydrogen-bond acceptors (Lipinski definition) is 9. The minimum Gasteiger partial charge on any atom is -0.476 e. The summed E-state index contributed by atoms with van der Waals surface area (Å²) in [6, 6.07) is 8.99. The van der Waals surface area contributed by atoms with Crippen LogP contribution in [0.25, 0.3) is 0 Å². The number of aromatic nitrogens is 1. The number of carbonyl (C=O) groups excluding carboxylic acids is 1. The van der Waals surface area contributed by atoms with Crippen molar-refractivity contribution in [2.45, 2.75) is 26.3 Å². The number of aryl methyl sites for hydroxylation is 1. The molecule has 10 heteroatoms. The molecule has 1 aromatic carbocycles. The molecule has 10 nitrogen and oxygen atoms in total. The van der Waals surface area contributed by atoms with Crippen LogP contribution in [0, 0.1) is 12.5 Å². The standard InChI is InChI=1S/C26H36N6O4/c1-3-24(33)28-22-5-4-19(2)16-21(22)26(30-27)23-17-20(32-9-13-35-14-10-32)18-25(29-23)36-15-8-31-6-11-34-12-7-31/h4-5,16-18,26-27H,3,6-15H2,1-2H3,(H,28,33). The average molecular weight is 497 g/mol. The van der Waals surface area contributed by atoms with E-state index in [1.807, 2.05) is 44.2 Å². The Balaban J connectivity index is 1.64. The van der Waals surface area contributed by atoms with Crippen molar-refractivity contribution in [1.82, 2.24) is 9.88 Å². The Kier molecular flexibility index (Phi) is 9.21. The van der Waals surface area contributed by atoms with Gasteiger partial charge in [-0.15, -0.1) is 0 Å². The molecule has 36 heavy (non-hydrogen) atoms. The molecule has 1 aromatic heterocycles. The molecule has 2 fully saturated rings. The van der Waals surface area contributed by atoms with Crippen LogP contribution in [-0.4, -0.2) is 81.5 Å². The van der Waals surface area contributed by atoms with E-state index in [2.05, 4.69) is 20.2 Å². The smallest absolute Gasteiger partial charge is 0.224 e. The van der Waals surface area contributed by atoms with E-state index < -0.39 is 6.04 Å². The van der Waals surface area contributed by atoms with Gasteiger partial charge in [-0.05, 0) is 19.1 Å². The molecule has 1 amide bonds. The van der Waals surface area contributed by atoms with Crippen LogP contribution in [0.4, 0.5) is 11.4 Å². The van der Waals surface area contributed by atoms with Crippen LogP contribution >= 0.6 is 0 Å². The van der Waals surface area contributed by atoms with Crippen LogP contribution in [0.2, 0.25) is 0 Å². The molecule has 0 saturated carbocycles. The SMILES string of the molecule is CCC(=O)Nc1ccc(C)cc1C(N=N)c1cc(N2CCOCC2)cc(OCCN2CCOCC2)n1. The fourth-order valence-electron chi connectivity index (χ4n) is 4.39. The van der Waals surface area contributed by atoms with Crippen LogP contribution in [-0.2, 0) is 14.3 Å². The number of pyridine rings is 1. The molecule has 1 unspecified atom stereocenters. The summed E-state index contributed by atoms with van der Waals surface area (Å²) in [5.41, 5.74) is 12.0. The fourth-order valence-corrected chi connectivity index (χ4v) is 4.39. The number of benzene rings is 1. The van der Waals surface area contributed by atoms with E-state index in [4.69, 9.17) is 24.7 Å². The van der Waals surface area contributed by atoms with E-state index in [1.54, 1.807) is 0 Å². The first-order valence-corrected chi connectivity index (χ1v) is 12.6. The number of rotatable bonds is 10. The molecule has 194 valence electrons. The van der Waals surface area contributed by atoms with Gasteiger partial charge in [0.25, 0.3) is 0 Å². The van der Waals surface area contributed by atoms with Crippen molar-refractivity contribution in [1.29, 1.82) is 5.53 Å². The van der Waals surface area contributed by atoms with Crippen molar-refractivity contribution in [3.63, 3.8) is 0 Å². The molecule has 0 bridgehead atoms. The maximum Gasteiger partial charge on any atom is 0.224 e.